The molecule has 0 atom stereocenters. The fraction of sp³-hybridized carbons (Fsp3) is 0. The maximum absolute atomic E-state index is 10.6. The molecule has 0 bridgehead atoms. The van der Waals surface area contributed by atoms with Crippen LogP contribution >= 0.6 is 12.6 Å². The molecule has 0 aromatic carbocycles. The van der Waals surface area contributed by atoms with Crippen molar-refractivity contribution in [3.8, 4) is 0 Å². The van der Waals surface area contributed by atoms with Crippen LogP contribution in [-0.2, 0) is 0 Å². The van der Waals surface area contributed by atoms with Gasteiger partial charge in [-0.3, -0.25) is 14.7 Å². The van der Waals surface area contributed by atoms with Gasteiger partial charge in [0.1, 0.15) is 0 Å². The molecule has 1 rings (SSSR count). The standard InChI is InChI=1S/C6H6N2OS/c9-6(10)8-4-1-2-7-3-5-8/h1-5H,(H,9,10). The third kappa shape index (κ3) is 1.73. The first kappa shape index (κ1) is 7.08. The zero-order valence-corrected chi connectivity index (χ0v) is 6.03. The lowest BCUT2D eigenvalue weighted by Crippen LogP contribution is -2.11. The zero-order valence-electron chi connectivity index (χ0n) is 5.14. The van der Waals surface area contributed by atoms with E-state index in [1.807, 2.05) is 0 Å². The maximum atomic E-state index is 10.6. The van der Waals surface area contributed by atoms with Gasteiger partial charge in [-0.2, -0.15) is 0 Å². The summed E-state index contributed by atoms with van der Waals surface area (Å²) in [5.41, 5.74) is 0. The predicted molar refractivity (Wildman–Crippen MR) is 43.0 cm³/mol. The number of hydrogen-bond donors (Lipinski definition) is 1. The number of nitrogens with zero attached hydrogens (tertiary/aromatic N) is 2. The number of thiol groups is 1. The maximum Gasteiger partial charge on any atom is 0.286 e. The van der Waals surface area contributed by atoms with E-state index in [4.69, 9.17) is 0 Å². The molecule has 1 heterocycles. The number of carbonyl (C=O) groups excluding carboxylic acids is 1. The van der Waals surface area contributed by atoms with Crippen molar-refractivity contribution >= 4 is 24.1 Å². The van der Waals surface area contributed by atoms with Gasteiger partial charge in [0.05, 0.1) is 0 Å². The summed E-state index contributed by atoms with van der Waals surface area (Å²) in [7, 11) is 0. The van der Waals surface area contributed by atoms with Gasteiger partial charge in [-0.05, 0) is 6.08 Å². The molecule has 1 aliphatic heterocycles. The predicted octanol–water partition coefficient (Wildman–Crippen LogP) is 1.41. The van der Waals surface area contributed by atoms with Crippen molar-refractivity contribution in [2.75, 3.05) is 0 Å². The molecular weight excluding hydrogens is 148 g/mol. The molecule has 0 saturated carbocycles. The second kappa shape index (κ2) is 3.22. The minimum Gasteiger partial charge on any atom is -0.284 e. The Bertz CT molecular complexity index is 204. The van der Waals surface area contributed by atoms with Gasteiger partial charge >= 0.3 is 0 Å². The Hall–Kier alpha value is -1.03. The molecule has 0 saturated heterocycles. The van der Waals surface area contributed by atoms with Crippen LogP contribution in [0, 0.1) is 0 Å². The van der Waals surface area contributed by atoms with Crippen LogP contribution in [0.15, 0.2) is 29.7 Å². The fourth-order valence-corrected chi connectivity index (χ4v) is 0.651. The summed E-state index contributed by atoms with van der Waals surface area (Å²) >= 11 is 3.62. The van der Waals surface area contributed by atoms with E-state index in [-0.39, 0.29) is 5.24 Å². The Morgan fingerprint density at radius 1 is 1.50 bits per heavy atom. The average molecular weight is 154 g/mol. The molecule has 0 spiro atoms. The topological polar surface area (TPSA) is 32.7 Å². The second-order valence-corrected chi connectivity index (χ2v) is 2.01. The van der Waals surface area contributed by atoms with Crippen molar-refractivity contribution in [1.29, 1.82) is 0 Å². The monoisotopic (exact) mass is 154 g/mol. The first-order valence-corrected chi connectivity index (χ1v) is 3.13. The molecule has 0 aromatic heterocycles. The highest BCUT2D eigenvalue weighted by Crippen LogP contribution is 1.99. The highest BCUT2D eigenvalue weighted by Gasteiger charge is 1.99. The average Bonchev–Trinajstić information content (AvgIpc) is 2.12. The quantitative estimate of drug-likeness (QED) is 0.526. The summed E-state index contributed by atoms with van der Waals surface area (Å²) < 4.78 is 0. The van der Waals surface area contributed by atoms with Crippen molar-refractivity contribution in [1.82, 2.24) is 4.90 Å². The minimum absolute atomic E-state index is 0.321. The molecule has 1 aliphatic rings. The van der Waals surface area contributed by atoms with Gasteiger partial charge in [0.25, 0.3) is 5.24 Å². The Labute approximate surface area is 64.2 Å². The highest BCUT2D eigenvalue weighted by atomic mass is 32.1. The number of hydrogen-bond acceptors (Lipinski definition) is 2. The Balaban J connectivity index is 2.72. The van der Waals surface area contributed by atoms with Gasteiger partial charge in [0, 0.05) is 24.8 Å². The largest absolute Gasteiger partial charge is 0.286 e. The van der Waals surface area contributed by atoms with Crippen LogP contribution in [0.1, 0.15) is 0 Å². The van der Waals surface area contributed by atoms with E-state index in [1.165, 1.54) is 17.3 Å². The normalized spacial score (nSPS) is 15.5. The first-order chi connectivity index (χ1) is 4.80. The van der Waals surface area contributed by atoms with Crippen LogP contribution in [0.4, 0.5) is 4.79 Å². The third-order valence-electron chi connectivity index (χ3n) is 0.953. The molecule has 1 amide bonds. The molecule has 10 heavy (non-hydrogen) atoms. The van der Waals surface area contributed by atoms with E-state index in [0.717, 1.165) is 0 Å². The Kier molecular flexibility index (Phi) is 2.28. The van der Waals surface area contributed by atoms with Gasteiger partial charge in [0.15, 0.2) is 0 Å². The molecule has 0 aliphatic carbocycles. The lowest BCUT2D eigenvalue weighted by Gasteiger charge is -2.05. The van der Waals surface area contributed by atoms with Gasteiger partial charge in [-0.1, -0.05) is 12.6 Å². The van der Waals surface area contributed by atoms with E-state index in [1.54, 1.807) is 18.5 Å². The van der Waals surface area contributed by atoms with E-state index in [9.17, 15) is 4.79 Å². The molecule has 0 fully saturated rings. The molecule has 4 heteroatoms. The second-order valence-electron chi connectivity index (χ2n) is 1.63. The summed E-state index contributed by atoms with van der Waals surface area (Å²) in [5.74, 6) is 0. The number of aliphatic imine (C=N–C) groups is 1. The van der Waals surface area contributed by atoms with Crippen molar-refractivity contribution in [2.24, 2.45) is 4.99 Å². The van der Waals surface area contributed by atoms with Crippen LogP contribution in [0.5, 0.6) is 0 Å². The van der Waals surface area contributed by atoms with E-state index in [0.29, 0.717) is 0 Å². The van der Waals surface area contributed by atoms with Crippen LogP contribution in [0.3, 0.4) is 0 Å². The lowest BCUT2D eigenvalue weighted by atomic mass is 10.6. The van der Waals surface area contributed by atoms with Crippen LogP contribution in [-0.4, -0.2) is 16.4 Å². The summed E-state index contributed by atoms with van der Waals surface area (Å²) in [6.45, 7) is 0. The van der Waals surface area contributed by atoms with Crippen molar-refractivity contribution < 1.29 is 4.79 Å². The molecule has 0 aromatic rings. The molecule has 0 N–H and O–H groups in total. The van der Waals surface area contributed by atoms with Crippen LogP contribution in [0.25, 0.3) is 0 Å². The van der Waals surface area contributed by atoms with Crippen molar-refractivity contribution in [3.63, 3.8) is 0 Å². The third-order valence-corrected chi connectivity index (χ3v) is 1.18. The molecule has 52 valence electrons. The molecule has 0 unspecified atom stereocenters. The van der Waals surface area contributed by atoms with Crippen molar-refractivity contribution in [3.05, 3.63) is 24.7 Å². The van der Waals surface area contributed by atoms with Gasteiger partial charge in [0.2, 0.25) is 0 Å². The number of carbonyl (C=O) groups is 1. The summed E-state index contributed by atoms with van der Waals surface area (Å²) in [4.78, 5) is 15.7. The Morgan fingerprint density at radius 2 is 2.30 bits per heavy atom. The fourth-order valence-electron chi connectivity index (χ4n) is 0.518. The Morgan fingerprint density at radius 3 is 3.00 bits per heavy atom. The first-order valence-electron chi connectivity index (χ1n) is 2.68. The molecule has 3 nitrogen and oxygen atoms in total. The SMILES string of the molecule is O=C(S)N1C=CC=NC=C1. The number of rotatable bonds is 0. The number of allylic oxidation sites excluding steroid dienone is 1. The highest BCUT2D eigenvalue weighted by molar-refractivity contribution is 7.96. The van der Waals surface area contributed by atoms with Crippen LogP contribution in [0.2, 0.25) is 0 Å². The smallest absolute Gasteiger partial charge is 0.284 e. The molecule has 0 radical (unpaired) electrons. The van der Waals surface area contributed by atoms with Gasteiger partial charge in [-0.15, -0.1) is 0 Å². The van der Waals surface area contributed by atoms with Gasteiger partial charge in [-0.25, -0.2) is 0 Å². The summed E-state index contributed by atoms with van der Waals surface area (Å²) in [6, 6.07) is 0. The number of amides is 1. The molecular formula is C6H6N2OS. The van der Waals surface area contributed by atoms with Crippen LogP contribution < -0.4 is 0 Å². The zero-order chi connectivity index (χ0) is 7.40. The summed E-state index contributed by atoms with van der Waals surface area (Å²) in [6.07, 6.45) is 7.90. The van der Waals surface area contributed by atoms with Gasteiger partial charge < -0.3 is 0 Å². The van der Waals surface area contributed by atoms with E-state index < -0.39 is 0 Å². The van der Waals surface area contributed by atoms with E-state index in [2.05, 4.69) is 17.6 Å². The summed E-state index contributed by atoms with van der Waals surface area (Å²) in [5, 5.41) is -0.321. The lowest BCUT2D eigenvalue weighted by molar-refractivity contribution is 0.249. The van der Waals surface area contributed by atoms with Crippen molar-refractivity contribution in [2.45, 2.75) is 0 Å². The minimum atomic E-state index is -0.321. The van der Waals surface area contributed by atoms with E-state index >= 15 is 0 Å².